The van der Waals surface area contributed by atoms with Gasteiger partial charge in [-0.2, -0.15) is 13.2 Å². The van der Waals surface area contributed by atoms with Crippen molar-refractivity contribution in [2.75, 3.05) is 5.32 Å². The normalized spacial score (nSPS) is 12.2. The predicted octanol–water partition coefficient (Wildman–Crippen LogP) is 7.12. The summed E-state index contributed by atoms with van der Waals surface area (Å²) in [4.78, 5) is 30.4. The number of carbonyl (C=O) groups is 2. The Hall–Kier alpha value is -3.13. The lowest BCUT2D eigenvalue weighted by molar-refractivity contribution is -0.149. The molecule has 1 atom stereocenters. The van der Waals surface area contributed by atoms with Gasteiger partial charge in [-0.25, -0.2) is 9.67 Å². The number of halogens is 6. The molecular formula is C23H15BrCl2F3N5O3S. The summed E-state index contributed by atoms with van der Waals surface area (Å²) in [5.41, 5.74) is -0.510. The van der Waals surface area contributed by atoms with Gasteiger partial charge in [-0.3, -0.25) is 9.59 Å². The summed E-state index contributed by atoms with van der Waals surface area (Å²) in [6.07, 6.45) is -3.23. The van der Waals surface area contributed by atoms with Crippen LogP contribution in [-0.4, -0.2) is 38.8 Å². The molecule has 38 heavy (non-hydrogen) atoms. The highest BCUT2D eigenvalue weighted by molar-refractivity contribution is 9.10. The molecule has 198 valence electrons. The maximum Gasteiger partial charge on any atom is 0.408 e. The second-order valence-electron chi connectivity index (χ2n) is 7.65. The topological polar surface area (TPSA) is 98.1 Å². The average Bonchev–Trinajstić information content (AvgIpc) is 3.50. The van der Waals surface area contributed by atoms with E-state index in [9.17, 15) is 22.8 Å². The van der Waals surface area contributed by atoms with Crippen LogP contribution < -0.4 is 15.4 Å². The molecule has 0 saturated heterocycles. The van der Waals surface area contributed by atoms with E-state index in [4.69, 9.17) is 27.9 Å². The molecule has 3 aromatic heterocycles. The zero-order valence-electron chi connectivity index (χ0n) is 19.0. The van der Waals surface area contributed by atoms with Gasteiger partial charge in [0.05, 0.1) is 16.3 Å². The molecule has 1 aromatic carbocycles. The van der Waals surface area contributed by atoms with Gasteiger partial charge in [0.25, 0.3) is 11.8 Å². The van der Waals surface area contributed by atoms with Crippen molar-refractivity contribution >= 4 is 68.0 Å². The molecule has 8 nitrogen and oxygen atoms in total. The number of alkyl halides is 3. The number of nitrogens with one attached hydrogen (secondary N) is 2. The summed E-state index contributed by atoms with van der Waals surface area (Å²) in [5, 5.41) is 12.4. The van der Waals surface area contributed by atoms with Crippen molar-refractivity contribution < 1.29 is 27.5 Å². The van der Waals surface area contributed by atoms with E-state index in [-0.39, 0.29) is 43.2 Å². The molecule has 0 fully saturated rings. The van der Waals surface area contributed by atoms with Crippen LogP contribution in [0.3, 0.4) is 0 Å². The number of carbonyl (C=O) groups excluding carboxylic acids is 2. The summed E-state index contributed by atoms with van der Waals surface area (Å²) >= 11 is 16.9. The van der Waals surface area contributed by atoms with Crippen LogP contribution >= 0.6 is 50.5 Å². The number of thiophene rings is 1. The number of ether oxygens (including phenoxy) is 1. The molecular weight excluding hydrogens is 634 g/mol. The smallest absolute Gasteiger partial charge is 0.408 e. The Kier molecular flexibility index (Phi) is 8.31. The van der Waals surface area contributed by atoms with Gasteiger partial charge in [-0.15, -0.1) is 16.4 Å². The van der Waals surface area contributed by atoms with E-state index in [0.717, 1.165) is 17.7 Å². The molecule has 0 saturated carbocycles. The molecule has 2 amide bonds. The van der Waals surface area contributed by atoms with Crippen molar-refractivity contribution in [2.24, 2.45) is 0 Å². The second kappa shape index (κ2) is 11.3. The van der Waals surface area contributed by atoms with Crippen LogP contribution in [0, 0.1) is 0 Å². The van der Waals surface area contributed by atoms with Crippen molar-refractivity contribution in [3.63, 3.8) is 0 Å². The zero-order valence-corrected chi connectivity index (χ0v) is 22.9. The molecule has 0 aliphatic rings. The number of hydrogen-bond donors (Lipinski definition) is 2. The number of amides is 2. The fourth-order valence-electron chi connectivity index (χ4n) is 3.11. The predicted molar refractivity (Wildman–Crippen MR) is 141 cm³/mol. The molecule has 4 aromatic rings. The van der Waals surface area contributed by atoms with E-state index in [0.29, 0.717) is 5.75 Å². The number of pyridine rings is 1. The van der Waals surface area contributed by atoms with Crippen LogP contribution in [0.4, 0.5) is 18.9 Å². The fourth-order valence-corrected chi connectivity index (χ4v) is 4.77. The van der Waals surface area contributed by atoms with Crippen LogP contribution in [-0.2, 0) is 0 Å². The van der Waals surface area contributed by atoms with Gasteiger partial charge >= 0.3 is 6.18 Å². The lowest BCUT2D eigenvalue weighted by Gasteiger charge is -2.19. The quantitative estimate of drug-likeness (QED) is 0.222. The van der Waals surface area contributed by atoms with Gasteiger partial charge in [0.2, 0.25) is 5.88 Å². The average molecular weight is 649 g/mol. The second-order valence-corrected chi connectivity index (χ2v) is 10.1. The molecule has 2 N–H and O–H groups in total. The number of benzene rings is 1. The van der Waals surface area contributed by atoms with Crippen molar-refractivity contribution in [1.82, 2.24) is 20.1 Å². The largest absolute Gasteiger partial charge is 0.437 e. The molecule has 0 aliphatic carbocycles. The van der Waals surface area contributed by atoms with Crippen molar-refractivity contribution in [1.29, 1.82) is 0 Å². The molecule has 0 spiro atoms. The lowest BCUT2D eigenvalue weighted by atomic mass is 10.1. The van der Waals surface area contributed by atoms with E-state index in [2.05, 4.69) is 31.3 Å². The standard InChI is InChI=1S/C23H15BrCl2F3N5O3S/c1-11(23(27,28)29)31-21(35)14-7-12(25)8-15(24)19(14)32-22(36)17-9-18(37-13-4-6-38-10-13)33-34(17)20-16(26)3-2-5-30-20/h2-11H,1H3,(H,31,35)(H,32,36). The molecule has 1 unspecified atom stereocenters. The van der Waals surface area contributed by atoms with Gasteiger partial charge in [-0.05, 0) is 58.6 Å². The molecule has 15 heteroatoms. The number of rotatable bonds is 7. The van der Waals surface area contributed by atoms with E-state index >= 15 is 0 Å². The van der Waals surface area contributed by atoms with Crippen LogP contribution in [0.15, 0.2) is 57.8 Å². The Morgan fingerprint density at radius 2 is 1.95 bits per heavy atom. The minimum absolute atomic E-state index is 0.0439. The minimum atomic E-state index is -4.68. The number of aromatic nitrogens is 3. The Bertz CT molecular complexity index is 1500. The summed E-state index contributed by atoms with van der Waals surface area (Å²) in [7, 11) is 0. The third kappa shape index (κ3) is 6.29. The highest BCUT2D eigenvalue weighted by atomic mass is 79.9. The van der Waals surface area contributed by atoms with Crippen molar-refractivity contribution in [3.05, 3.63) is 79.1 Å². The van der Waals surface area contributed by atoms with Crippen LogP contribution in [0.1, 0.15) is 27.8 Å². The van der Waals surface area contributed by atoms with Crippen LogP contribution in [0.25, 0.3) is 5.82 Å². The SMILES string of the molecule is CC(NC(=O)c1cc(Cl)cc(Br)c1NC(=O)c1cc(Oc2ccsc2)nn1-c1ncccc1Cl)C(F)(F)F. The molecule has 4 rings (SSSR count). The first kappa shape index (κ1) is 27.9. The highest BCUT2D eigenvalue weighted by Crippen LogP contribution is 2.33. The first-order valence-corrected chi connectivity index (χ1v) is 13.0. The Balaban J connectivity index is 1.72. The fraction of sp³-hybridized carbons (Fsp3) is 0.130. The first-order valence-electron chi connectivity index (χ1n) is 10.5. The minimum Gasteiger partial charge on any atom is -0.437 e. The van der Waals surface area contributed by atoms with Crippen molar-refractivity contribution in [2.45, 2.75) is 19.1 Å². The maximum atomic E-state index is 13.5. The summed E-state index contributed by atoms with van der Waals surface area (Å²) in [6, 6.07) is 6.53. The maximum absolute atomic E-state index is 13.5. The van der Waals surface area contributed by atoms with Gasteiger partial charge in [0.15, 0.2) is 5.82 Å². The number of anilines is 1. The van der Waals surface area contributed by atoms with Gasteiger partial charge < -0.3 is 15.4 Å². The van der Waals surface area contributed by atoms with Gasteiger partial charge in [0, 0.05) is 27.1 Å². The summed E-state index contributed by atoms with van der Waals surface area (Å²) < 4.78 is 46.1. The Morgan fingerprint density at radius 1 is 1.18 bits per heavy atom. The molecule has 3 heterocycles. The molecule has 0 aliphatic heterocycles. The third-order valence-electron chi connectivity index (χ3n) is 4.95. The van der Waals surface area contributed by atoms with E-state index in [1.807, 2.05) is 5.32 Å². The summed E-state index contributed by atoms with van der Waals surface area (Å²) in [5.74, 6) is -1.25. The van der Waals surface area contributed by atoms with Crippen LogP contribution in [0.2, 0.25) is 10.0 Å². The molecule has 0 bridgehead atoms. The monoisotopic (exact) mass is 647 g/mol. The van der Waals surface area contributed by atoms with Crippen LogP contribution in [0.5, 0.6) is 11.6 Å². The lowest BCUT2D eigenvalue weighted by Crippen LogP contribution is -2.43. The van der Waals surface area contributed by atoms with E-state index in [1.165, 1.54) is 29.7 Å². The van der Waals surface area contributed by atoms with E-state index in [1.54, 1.807) is 29.0 Å². The Labute approximate surface area is 235 Å². The number of hydrogen-bond acceptors (Lipinski definition) is 6. The Morgan fingerprint density at radius 3 is 2.61 bits per heavy atom. The van der Waals surface area contributed by atoms with Gasteiger partial charge in [0.1, 0.15) is 17.5 Å². The number of nitrogens with zero attached hydrogens (tertiary/aromatic N) is 3. The molecule has 0 radical (unpaired) electrons. The first-order chi connectivity index (χ1) is 17.9. The summed E-state index contributed by atoms with van der Waals surface area (Å²) in [6.45, 7) is 0.792. The van der Waals surface area contributed by atoms with E-state index < -0.39 is 24.0 Å². The third-order valence-corrected chi connectivity index (χ3v) is 6.75. The van der Waals surface area contributed by atoms with Gasteiger partial charge in [-0.1, -0.05) is 23.2 Å². The zero-order chi connectivity index (χ0) is 27.6. The van der Waals surface area contributed by atoms with Crippen molar-refractivity contribution in [3.8, 4) is 17.4 Å². The highest BCUT2D eigenvalue weighted by Gasteiger charge is 2.37.